The minimum absolute atomic E-state index is 0.0565. The summed E-state index contributed by atoms with van der Waals surface area (Å²) >= 11 is 0. The van der Waals surface area contributed by atoms with Crippen LogP contribution in [0.15, 0.2) is 29.3 Å². The Morgan fingerprint density at radius 3 is 2.35 bits per heavy atom. The van der Waals surface area contributed by atoms with Gasteiger partial charge in [-0.3, -0.25) is 14.6 Å². The van der Waals surface area contributed by atoms with E-state index >= 15 is 0 Å². The largest absolute Gasteiger partial charge is 0.508 e. The maximum Gasteiger partial charge on any atom is 0.475 e. The van der Waals surface area contributed by atoms with Gasteiger partial charge in [0.25, 0.3) is 0 Å². The summed E-state index contributed by atoms with van der Waals surface area (Å²) in [6.07, 6.45) is 3.56. The number of aliphatic imine (C=N–C) groups is 1. The highest BCUT2D eigenvalue weighted by Gasteiger charge is 2.48. The average molecular weight is 433 g/mol. The van der Waals surface area contributed by atoms with Crippen molar-refractivity contribution in [2.45, 2.75) is 50.9 Å². The van der Waals surface area contributed by atoms with Crippen molar-refractivity contribution in [1.82, 2.24) is 10.6 Å². The van der Waals surface area contributed by atoms with Crippen molar-refractivity contribution < 1.29 is 24.7 Å². The van der Waals surface area contributed by atoms with Gasteiger partial charge in [-0.25, -0.2) is 0 Å². The Hall–Kier alpha value is -2.79. The molecule has 1 aliphatic carbocycles. The van der Waals surface area contributed by atoms with E-state index in [1.807, 2.05) is 0 Å². The lowest BCUT2D eigenvalue weighted by Gasteiger charge is -2.29. The summed E-state index contributed by atoms with van der Waals surface area (Å²) in [5.74, 6) is -1.66. The topological polar surface area (TPSA) is 183 Å². The number of nitrogens with two attached hydrogens (primary N) is 2. The fourth-order valence-corrected chi connectivity index (χ4v) is 3.81. The van der Waals surface area contributed by atoms with Crippen LogP contribution >= 0.6 is 0 Å². The van der Waals surface area contributed by atoms with Crippen molar-refractivity contribution >= 4 is 24.9 Å². The summed E-state index contributed by atoms with van der Waals surface area (Å²) in [7, 11) is -1.76. The molecule has 11 heteroatoms. The second-order valence-electron chi connectivity index (χ2n) is 7.90. The minimum Gasteiger partial charge on any atom is -0.508 e. The van der Waals surface area contributed by atoms with Crippen LogP contribution in [-0.4, -0.2) is 59.1 Å². The molecular weight excluding hydrogens is 401 g/mol. The molecule has 0 bridgehead atoms. The van der Waals surface area contributed by atoms with E-state index in [1.54, 1.807) is 24.3 Å². The summed E-state index contributed by atoms with van der Waals surface area (Å²) in [6.45, 7) is 0.646. The van der Waals surface area contributed by atoms with E-state index in [-0.39, 0.29) is 24.0 Å². The van der Waals surface area contributed by atoms with Crippen molar-refractivity contribution in [3.8, 4) is 5.75 Å². The number of carbonyl (C=O) groups excluding carboxylic acids is 2. The molecule has 2 amide bonds. The van der Waals surface area contributed by atoms with Crippen LogP contribution in [0.5, 0.6) is 5.75 Å². The fraction of sp³-hybridized carbons (Fsp3) is 0.550. The number of aromatic hydroxyl groups is 1. The Morgan fingerprint density at radius 1 is 1.13 bits per heavy atom. The van der Waals surface area contributed by atoms with Gasteiger partial charge >= 0.3 is 7.12 Å². The van der Waals surface area contributed by atoms with Gasteiger partial charge in [0.2, 0.25) is 11.8 Å². The molecule has 10 nitrogen and oxygen atoms in total. The number of guanidine groups is 1. The molecule has 1 unspecified atom stereocenters. The van der Waals surface area contributed by atoms with Gasteiger partial charge in [-0.15, -0.1) is 0 Å². The highest BCUT2D eigenvalue weighted by atomic mass is 16.4. The highest BCUT2D eigenvalue weighted by Crippen LogP contribution is 2.39. The molecule has 1 aromatic rings. The molecule has 1 atom stereocenters. The maximum absolute atomic E-state index is 13.0. The first kappa shape index (κ1) is 24.5. The monoisotopic (exact) mass is 433 g/mol. The number of benzene rings is 1. The Morgan fingerprint density at radius 2 is 1.77 bits per heavy atom. The molecule has 0 heterocycles. The molecule has 1 saturated carbocycles. The number of phenols is 1. The maximum atomic E-state index is 13.0. The van der Waals surface area contributed by atoms with Crippen LogP contribution < -0.4 is 22.1 Å². The van der Waals surface area contributed by atoms with Gasteiger partial charge in [0, 0.05) is 13.1 Å². The normalized spacial score (nSPS) is 15.7. The molecular formula is C20H32BN5O5. The molecule has 0 aromatic heterocycles. The van der Waals surface area contributed by atoms with Crippen LogP contribution in [0.3, 0.4) is 0 Å². The van der Waals surface area contributed by atoms with Crippen LogP contribution in [-0.2, 0) is 16.0 Å². The molecule has 9 N–H and O–H groups in total. The summed E-state index contributed by atoms with van der Waals surface area (Å²) in [5, 5.41) is 34.2. The first-order chi connectivity index (χ1) is 14.7. The zero-order valence-corrected chi connectivity index (χ0v) is 17.6. The molecule has 0 saturated heterocycles. The number of hydrogen-bond donors (Lipinski definition) is 7. The lowest BCUT2D eigenvalue weighted by molar-refractivity contribution is -0.143. The first-order valence-corrected chi connectivity index (χ1v) is 10.5. The molecule has 1 aliphatic rings. The molecule has 0 radical (unpaired) electrons. The van der Waals surface area contributed by atoms with Crippen molar-refractivity contribution in [1.29, 1.82) is 0 Å². The summed E-state index contributed by atoms with van der Waals surface area (Å²) in [4.78, 5) is 29.8. The average Bonchev–Trinajstić information content (AvgIpc) is 3.22. The zero-order chi connectivity index (χ0) is 22.9. The van der Waals surface area contributed by atoms with Crippen molar-refractivity contribution in [3.63, 3.8) is 0 Å². The Balaban J connectivity index is 1.95. The van der Waals surface area contributed by atoms with E-state index in [0.717, 1.165) is 18.4 Å². The van der Waals surface area contributed by atoms with Gasteiger partial charge in [0.15, 0.2) is 5.96 Å². The van der Waals surface area contributed by atoms with E-state index in [1.165, 1.54) is 0 Å². The van der Waals surface area contributed by atoms with Gasteiger partial charge < -0.3 is 37.3 Å². The second-order valence-corrected chi connectivity index (χ2v) is 7.90. The number of nitrogens with zero attached hydrogens (tertiary/aromatic N) is 1. The summed E-state index contributed by atoms with van der Waals surface area (Å²) in [5.41, 5.74) is 10.3. The third-order valence-electron chi connectivity index (χ3n) is 5.61. The SMILES string of the molecule is NC(N)=NCCCC(NC(=O)C1(C(=O)NCCc2ccc(O)cc2)CCCC1)B(O)O. The third kappa shape index (κ3) is 7.14. The smallest absolute Gasteiger partial charge is 0.475 e. The number of nitrogens with one attached hydrogen (secondary N) is 2. The number of rotatable bonds is 11. The molecule has 1 aromatic carbocycles. The molecule has 1 fully saturated rings. The van der Waals surface area contributed by atoms with Crippen LogP contribution in [0.4, 0.5) is 0 Å². The van der Waals surface area contributed by atoms with Gasteiger partial charge in [0.05, 0.1) is 5.94 Å². The standard InChI is InChI=1S/C20H32BN5O5/c22-19(23)25-12-3-4-16(21(30)31)26-18(29)20(10-1-2-11-20)17(28)24-13-9-14-5-7-15(27)8-6-14/h5-8,16,27,30-31H,1-4,9-13H2,(H,24,28)(H,26,29)(H4,22,23,25). The number of carbonyl (C=O) groups is 2. The third-order valence-corrected chi connectivity index (χ3v) is 5.61. The fourth-order valence-electron chi connectivity index (χ4n) is 3.81. The predicted octanol–water partition coefficient (Wildman–Crippen LogP) is -0.838. The van der Waals surface area contributed by atoms with Crippen molar-refractivity contribution in [3.05, 3.63) is 29.8 Å². The minimum atomic E-state index is -1.76. The van der Waals surface area contributed by atoms with E-state index < -0.39 is 24.4 Å². The van der Waals surface area contributed by atoms with Crippen LogP contribution in [0.2, 0.25) is 0 Å². The zero-order valence-electron chi connectivity index (χ0n) is 17.6. The van der Waals surface area contributed by atoms with Gasteiger partial charge in [-0.05, 0) is 49.8 Å². The first-order valence-electron chi connectivity index (χ1n) is 10.5. The van der Waals surface area contributed by atoms with E-state index in [9.17, 15) is 24.7 Å². The van der Waals surface area contributed by atoms with Crippen LogP contribution in [0.25, 0.3) is 0 Å². The number of phenolic OH excluding ortho intramolecular Hbond substituents is 1. The van der Waals surface area contributed by atoms with E-state index in [4.69, 9.17) is 11.5 Å². The predicted molar refractivity (Wildman–Crippen MR) is 118 cm³/mol. The lowest BCUT2D eigenvalue weighted by Crippen LogP contribution is -2.56. The van der Waals surface area contributed by atoms with E-state index in [2.05, 4.69) is 15.6 Å². The second kappa shape index (κ2) is 11.6. The summed E-state index contributed by atoms with van der Waals surface area (Å²) in [6, 6.07) is 6.71. The molecule has 170 valence electrons. The summed E-state index contributed by atoms with van der Waals surface area (Å²) < 4.78 is 0. The molecule has 31 heavy (non-hydrogen) atoms. The Labute approximate surface area is 182 Å². The Kier molecular flexibility index (Phi) is 9.13. The quantitative estimate of drug-likeness (QED) is 0.0780. The number of hydrogen-bond acceptors (Lipinski definition) is 6. The molecule has 0 aliphatic heterocycles. The van der Waals surface area contributed by atoms with Crippen molar-refractivity contribution in [2.24, 2.45) is 21.9 Å². The Bertz CT molecular complexity index is 762. The molecule has 0 spiro atoms. The van der Waals surface area contributed by atoms with Gasteiger partial charge in [0.1, 0.15) is 11.2 Å². The van der Waals surface area contributed by atoms with Crippen molar-refractivity contribution in [2.75, 3.05) is 13.1 Å². The lowest BCUT2D eigenvalue weighted by atomic mass is 9.75. The van der Waals surface area contributed by atoms with Crippen LogP contribution in [0, 0.1) is 5.41 Å². The molecule has 2 rings (SSSR count). The number of amides is 2. The van der Waals surface area contributed by atoms with Gasteiger partial charge in [-0.2, -0.15) is 0 Å². The van der Waals surface area contributed by atoms with E-state index in [0.29, 0.717) is 38.8 Å². The van der Waals surface area contributed by atoms with Crippen LogP contribution in [0.1, 0.15) is 44.1 Å². The van der Waals surface area contributed by atoms with Gasteiger partial charge in [-0.1, -0.05) is 25.0 Å². The highest BCUT2D eigenvalue weighted by molar-refractivity contribution is 6.43.